The smallest absolute Gasteiger partial charge is 0.226 e. The molecule has 2 aromatic rings. The van der Waals surface area contributed by atoms with Gasteiger partial charge in [-0.2, -0.15) is 9.97 Å². The van der Waals surface area contributed by atoms with Crippen molar-refractivity contribution in [2.75, 3.05) is 24.1 Å². The highest BCUT2D eigenvalue weighted by molar-refractivity contribution is 5.82. The van der Waals surface area contributed by atoms with Gasteiger partial charge in [0.15, 0.2) is 11.5 Å². The van der Waals surface area contributed by atoms with Crippen molar-refractivity contribution in [3.05, 3.63) is 6.33 Å². The quantitative estimate of drug-likeness (QED) is 0.540. The summed E-state index contributed by atoms with van der Waals surface area (Å²) < 4.78 is 0. The first-order valence-electron chi connectivity index (χ1n) is 6.22. The van der Waals surface area contributed by atoms with Crippen LogP contribution in [0.1, 0.15) is 25.7 Å². The third-order valence-electron chi connectivity index (χ3n) is 2.73. The van der Waals surface area contributed by atoms with Crippen molar-refractivity contribution in [1.29, 1.82) is 0 Å². The number of hydrogen-bond acceptors (Lipinski definition) is 6. The Balaban J connectivity index is 1.84. The zero-order valence-electron chi connectivity index (χ0n) is 10.3. The lowest BCUT2D eigenvalue weighted by molar-refractivity contribution is 0.660. The molecule has 2 rings (SSSR count). The van der Waals surface area contributed by atoms with Crippen LogP contribution in [0.25, 0.3) is 11.2 Å². The highest BCUT2D eigenvalue weighted by atomic mass is 15.2. The van der Waals surface area contributed by atoms with Gasteiger partial charge in [0.2, 0.25) is 5.95 Å². The lowest BCUT2D eigenvalue weighted by Crippen LogP contribution is -2.07. The van der Waals surface area contributed by atoms with Gasteiger partial charge < -0.3 is 21.8 Å². The van der Waals surface area contributed by atoms with Crippen LogP contribution < -0.4 is 16.8 Å². The minimum absolute atomic E-state index is 0.420. The molecule has 0 aliphatic carbocycles. The van der Waals surface area contributed by atoms with Crippen LogP contribution in [0, 0.1) is 0 Å². The topological polar surface area (TPSA) is 119 Å². The van der Waals surface area contributed by atoms with Crippen LogP contribution in [-0.4, -0.2) is 33.0 Å². The molecule has 0 radical (unpaired) electrons. The highest BCUT2D eigenvalue weighted by Crippen LogP contribution is 2.15. The molecule has 98 valence electrons. The second kappa shape index (κ2) is 6.15. The van der Waals surface area contributed by atoms with E-state index in [2.05, 4.69) is 25.3 Å². The van der Waals surface area contributed by atoms with E-state index in [1.165, 1.54) is 6.42 Å². The van der Waals surface area contributed by atoms with Gasteiger partial charge in [0.25, 0.3) is 0 Å². The van der Waals surface area contributed by atoms with Crippen molar-refractivity contribution >= 4 is 22.9 Å². The summed E-state index contributed by atoms with van der Waals surface area (Å²) in [4.78, 5) is 15.4. The molecule has 0 amide bonds. The van der Waals surface area contributed by atoms with Crippen molar-refractivity contribution in [1.82, 2.24) is 19.9 Å². The normalized spacial score (nSPS) is 10.9. The van der Waals surface area contributed by atoms with E-state index in [4.69, 9.17) is 11.5 Å². The van der Waals surface area contributed by atoms with Crippen LogP contribution >= 0.6 is 0 Å². The molecule has 0 aliphatic rings. The molecule has 0 atom stereocenters. The second-order valence-electron chi connectivity index (χ2n) is 4.16. The molecule has 0 fully saturated rings. The monoisotopic (exact) mass is 249 g/mol. The third-order valence-corrected chi connectivity index (χ3v) is 2.73. The first kappa shape index (κ1) is 12.6. The summed E-state index contributed by atoms with van der Waals surface area (Å²) in [5, 5.41) is 3.16. The largest absolute Gasteiger partial charge is 0.382 e. The Kier molecular flexibility index (Phi) is 4.30. The van der Waals surface area contributed by atoms with Crippen LogP contribution in [0.3, 0.4) is 0 Å². The average Bonchev–Trinajstić information content (AvgIpc) is 2.82. The van der Waals surface area contributed by atoms with E-state index in [-0.39, 0.29) is 0 Å². The molecule has 18 heavy (non-hydrogen) atoms. The molecule has 0 saturated carbocycles. The van der Waals surface area contributed by atoms with E-state index in [1.807, 2.05) is 0 Å². The van der Waals surface area contributed by atoms with Gasteiger partial charge in [0.1, 0.15) is 5.52 Å². The van der Waals surface area contributed by atoms with E-state index in [0.717, 1.165) is 32.4 Å². The van der Waals surface area contributed by atoms with Gasteiger partial charge in [-0.1, -0.05) is 12.8 Å². The van der Waals surface area contributed by atoms with Crippen LogP contribution in [0.5, 0.6) is 0 Å². The maximum Gasteiger partial charge on any atom is 0.226 e. The molecule has 7 heteroatoms. The van der Waals surface area contributed by atoms with E-state index in [1.54, 1.807) is 6.33 Å². The Labute approximate surface area is 105 Å². The Morgan fingerprint density at radius 3 is 2.83 bits per heavy atom. The van der Waals surface area contributed by atoms with Gasteiger partial charge >= 0.3 is 0 Å². The first-order valence-corrected chi connectivity index (χ1v) is 6.22. The molecule has 0 aliphatic heterocycles. The Morgan fingerprint density at radius 1 is 1.17 bits per heavy atom. The summed E-state index contributed by atoms with van der Waals surface area (Å²) in [5.74, 6) is 0.953. The van der Waals surface area contributed by atoms with Gasteiger partial charge in [-0.25, -0.2) is 4.98 Å². The van der Waals surface area contributed by atoms with Crippen LogP contribution in [0.4, 0.5) is 11.8 Å². The predicted octanol–water partition coefficient (Wildman–Crippen LogP) is 0.866. The first-order chi connectivity index (χ1) is 8.81. The summed E-state index contributed by atoms with van der Waals surface area (Å²) in [7, 11) is 0. The number of imidazole rings is 1. The number of nitrogens with two attached hydrogens (primary N) is 2. The minimum Gasteiger partial charge on any atom is -0.382 e. The number of nitrogens with zero attached hydrogens (tertiary/aromatic N) is 3. The molecule has 0 saturated heterocycles. The lowest BCUT2D eigenvalue weighted by atomic mass is 10.2. The molecular weight excluding hydrogens is 230 g/mol. The summed E-state index contributed by atoms with van der Waals surface area (Å²) in [6.07, 6.45) is 6.04. The molecule has 7 nitrogen and oxygen atoms in total. The van der Waals surface area contributed by atoms with E-state index in [0.29, 0.717) is 22.9 Å². The van der Waals surface area contributed by atoms with E-state index >= 15 is 0 Å². The number of hydrogen-bond donors (Lipinski definition) is 4. The van der Waals surface area contributed by atoms with Crippen LogP contribution in [0.15, 0.2) is 6.33 Å². The minimum atomic E-state index is 0.420. The number of fused-ring (bicyclic) bond motifs is 1. The van der Waals surface area contributed by atoms with Crippen molar-refractivity contribution in [2.24, 2.45) is 5.73 Å². The van der Waals surface area contributed by atoms with Gasteiger partial charge in [-0.05, 0) is 19.4 Å². The van der Waals surface area contributed by atoms with Crippen molar-refractivity contribution in [3.63, 3.8) is 0 Å². The standard InChI is InChI=1S/C11H19N7/c12-5-3-1-2-4-6-14-11-17-9(13)8-10(18-11)16-7-15-8/h7H,1-6,12H2,(H4,13,14,15,16,17,18). The van der Waals surface area contributed by atoms with Gasteiger partial charge in [-0.3, -0.25) is 0 Å². The van der Waals surface area contributed by atoms with Crippen molar-refractivity contribution in [2.45, 2.75) is 25.7 Å². The number of nitrogens with one attached hydrogen (secondary N) is 2. The third kappa shape index (κ3) is 3.07. The molecule has 0 bridgehead atoms. The van der Waals surface area contributed by atoms with Crippen molar-refractivity contribution in [3.8, 4) is 0 Å². The molecule has 0 aromatic carbocycles. The highest BCUT2D eigenvalue weighted by Gasteiger charge is 2.06. The molecule has 2 heterocycles. The molecule has 2 aromatic heterocycles. The maximum absolute atomic E-state index is 5.80. The Morgan fingerprint density at radius 2 is 2.00 bits per heavy atom. The summed E-state index contributed by atoms with van der Waals surface area (Å²) in [5.41, 5.74) is 12.5. The van der Waals surface area contributed by atoms with E-state index < -0.39 is 0 Å². The van der Waals surface area contributed by atoms with Crippen LogP contribution in [0.2, 0.25) is 0 Å². The van der Waals surface area contributed by atoms with Gasteiger partial charge in [0.05, 0.1) is 6.33 Å². The number of unbranched alkanes of at least 4 members (excludes halogenated alkanes) is 3. The van der Waals surface area contributed by atoms with Crippen molar-refractivity contribution < 1.29 is 0 Å². The maximum atomic E-state index is 5.80. The lowest BCUT2D eigenvalue weighted by Gasteiger charge is -2.05. The fraction of sp³-hybridized carbons (Fsp3) is 0.545. The van der Waals surface area contributed by atoms with E-state index in [9.17, 15) is 0 Å². The number of anilines is 2. The summed E-state index contributed by atoms with van der Waals surface area (Å²) >= 11 is 0. The second-order valence-corrected chi connectivity index (χ2v) is 4.16. The number of rotatable bonds is 7. The average molecular weight is 249 g/mol. The SMILES string of the molecule is NCCCCCCNc1nc(N)c2[nH]cnc2n1. The van der Waals surface area contributed by atoms with Gasteiger partial charge in [-0.15, -0.1) is 0 Å². The molecule has 6 N–H and O–H groups in total. The van der Waals surface area contributed by atoms with Gasteiger partial charge in [0, 0.05) is 6.54 Å². The zero-order chi connectivity index (χ0) is 12.8. The number of aromatic amines is 1. The number of aromatic nitrogens is 4. The van der Waals surface area contributed by atoms with Crippen LogP contribution in [-0.2, 0) is 0 Å². The Hall–Kier alpha value is -1.89. The summed E-state index contributed by atoms with van der Waals surface area (Å²) in [6.45, 7) is 1.60. The zero-order valence-corrected chi connectivity index (χ0v) is 10.3. The number of H-pyrrole nitrogens is 1. The summed E-state index contributed by atoms with van der Waals surface area (Å²) in [6, 6.07) is 0. The fourth-order valence-corrected chi connectivity index (χ4v) is 1.76. The molecular formula is C11H19N7. The predicted molar refractivity (Wildman–Crippen MR) is 72.1 cm³/mol. The Bertz CT molecular complexity index is 493. The number of nitrogen functional groups attached to an aromatic ring is 1. The molecule has 0 spiro atoms. The fourth-order valence-electron chi connectivity index (χ4n) is 1.76. The molecule has 0 unspecified atom stereocenters.